The molecule has 2 aromatic rings. The molecule has 0 aliphatic rings. The minimum atomic E-state index is 0.196. The minimum Gasteiger partial charge on any atom is -0.507 e. The van der Waals surface area contributed by atoms with Crippen LogP contribution in [0.1, 0.15) is 18.1 Å². The smallest absolute Gasteiger partial charge is 0.124 e. The zero-order chi connectivity index (χ0) is 13.7. The lowest BCUT2D eigenvalue weighted by molar-refractivity contribution is 0.474. The largest absolute Gasteiger partial charge is 0.507 e. The SMILES string of the molecule is CC(=NN=Cc1ccccc1O)c1cccc(Br)c1. The summed E-state index contributed by atoms with van der Waals surface area (Å²) in [6.07, 6.45) is 1.54. The molecule has 3 nitrogen and oxygen atoms in total. The predicted octanol–water partition coefficient (Wildman–Crippen LogP) is 4.00. The minimum absolute atomic E-state index is 0.196. The summed E-state index contributed by atoms with van der Waals surface area (Å²) >= 11 is 3.42. The van der Waals surface area contributed by atoms with Gasteiger partial charge in [0.25, 0.3) is 0 Å². The fourth-order valence-corrected chi connectivity index (χ4v) is 1.94. The second-order valence-corrected chi connectivity index (χ2v) is 4.91. The van der Waals surface area contributed by atoms with Crippen LogP contribution in [0.25, 0.3) is 0 Å². The summed E-state index contributed by atoms with van der Waals surface area (Å²) in [7, 11) is 0. The Hall–Kier alpha value is -1.94. The van der Waals surface area contributed by atoms with E-state index in [1.54, 1.807) is 18.2 Å². The van der Waals surface area contributed by atoms with Gasteiger partial charge in [0.05, 0.1) is 11.9 Å². The van der Waals surface area contributed by atoms with Crippen molar-refractivity contribution in [1.82, 2.24) is 0 Å². The van der Waals surface area contributed by atoms with E-state index in [0.717, 1.165) is 15.7 Å². The molecular weight excluding hydrogens is 304 g/mol. The van der Waals surface area contributed by atoms with Crippen LogP contribution in [-0.2, 0) is 0 Å². The van der Waals surface area contributed by atoms with Crippen LogP contribution >= 0.6 is 15.9 Å². The van der Waals surface area contributed by atoms with Crippen molar-refractivity contribution in [2.45, 2.75) is 6.92 Å². The summed E-state index contributed by atoms with van der Waals surface area (Å²) in [6.45, 7) is 1.89. The van der Waals surface area contributed by atoms with Gasteiger partial charge < -0.3 is 5.11 Å². The zero-order valence-electron chi connectivity index (χ0n) is 10.4. The topological polar surface area (TPSA) is 45.0 Å². The Balaban J connectivity index is 2.17. The highest BCUT2D eigenvalue weighted by Gasteiger charge is 1.98. The van der Waals surface area contributed by atoms with Gasteiger partial charge in [0.2, 0.25) is 0 Å². The maximum absolute atomic E-state index is 9.58. The number of phenolic OH excluding ortho intramolecular Hbond substituents is 1. The highest BCUT2D eigenvalue weighted by molar-refractivity contribution is 9.10. The number of para-hydroxylation sites is 1. The number of benzene rings is 2. The van der Waals surface area contributed by atoms with Crippen molar-refractivity contribution in [2.75, 3.05) is 0 Å². The lowest BCUT2D eigenvalue weighted by Gasteiger charge is -1.99. The number of hydrogen-bond acceptors (Lipinski definition) is 3. The van der Waals surface area contributed by atoms with Gasteiger partial charge in [-0.15, -0.1) is 0 Å². The Morgan fingerprint density at radius 2 is 1.95 bits per heavy atom. The van der Waals surface area contributed by atoms with Gasteiger partial charge in [0.1, 0.15) is 5.75 Å². The number of rotatable bonds is 3. The molecule has 2 aromatic carbocycles. The van der Waals surface area contributed by atoms with Gasteiger partial charge in [-0.05, 0) is 36.8 Å². The zero-order valence-corrected chi connectivity index (χ0v) is 12.0. The normalized spacial score (nSPS) is 12.0. The number of aromatic hydroxyl groups is 1. The van der Waals surface area contributed by atoms with Gasteiger partial charge in [-0.2, -0.15) is 10.2 Å². The Bertz CT molecular complexity index is 636. The first-order valence-corrected chi connectivity index (χ1v) is 6.57. The lowest BCUT2D eigenvalue weighted by atomic mass is 10.1. The summed E-state index contributed by atoms with van der Waals surface area (Å²) in [5.41, 5.74) is 2.46. The number of phenols is 1. The molecule has 0 aromatic heterocycles. The van der Waals surface area contributed by atoms with Crippen molar-refractivity contribution < 1.29 is 5.11 Å². The molecule has 0 heterocycles. The molecule has 0 saturated carbocycles. The van der Waals surface area contributed by atoms with Crippen LogP contribution < -0.4 is 0 Å². The van der Waals surface area contributed by atoms with Gasteiger partial charge in [-0.25, -0.2) is 0 Å². The number of hydrogen-bond donors (Lipinski definition) is 1. The second kappa shape index (κ2) is 6.29. The molecule has 19 heavy (non-hydrogen) atoms. The fraction of sp³-hybridized carbons (Fsp3) is 0.0667. The van der Waals surface area contributed by atoms with Gasteiger partial charge in [-0.1, -0.05) is 40.2 Å². The molecule has 2 rings (SSSR count). The van der Waals surface area contributed by atoms with Crippen LogP contribution in [0.2, 0.25) is 0 Å². The van der Waals surface area contributed by atoms with Gasteiger partial charge in [-0.3, -0.25) is 0 Å². The van der Waals surface area contributed by atoms with Crippen molar-refractivity contribution in [3.63, 3.8) is 0 Å². The standard InChI is InChI=1S/C15H13BrN2O/c1-11(12-6-4-7-14(16)9-12)18-17-10-13-5-2-3-8-15(13)19/h2-10,19H,1H3. The third kappa shape index (κ3) is 3.76. The monoisotopic (exact) mass is 316 g/mol. The van der Waals surface area contributed by atoms with Crippen LogP contribution in [0.15, 0.2) is 63.2 Å². The van der Waals surface area contributed by atoms with E-state index in [-0.39, 0.29) is 5.75 Å². The average Bonchev–Trinajstić information content (AvgIpc) is 2.41. The van der Waals surface area contributed by atoms with Crippen LogP contribution in [0, 0.1) is 0 Å². The van der Waals surface area contributed by atoms with Crippen LogP contribution in [0.3, 0.4) is 0 Å². The first kappa shape index (κ1) is 13.5. The number of halogens is 1. The van der Waals surface area contributed by atoms with E-state index in [1.807, 2.05) is 37.3 Å². The van der Waals surface area contributed by atoms with Crippen LogP contribution in [0.5, 0.6) is 5.75 Å². The fourth-order valence-electron chi connectivity index (χ4n) is 1.55. The van der Waals surface area contributed by atoms with E-state index in [1.165, 1.54) is 6.21 Å². The first-order chi connectivity index (χ1) is 9.16. The van der Waals surface area contributed by atoms with Gasteiger partial charge in [0.15, 0.2) is 0 Å². The lowest BCUT2D eigenvalue weighted by Crippen LogP contribution is -1.93. The van der Waals surface area contributed by atoms with Crippen LogP contribution in [0.4, 0.5) is 0 Å². The van der Waals surface area contributed by atoms with Crippen molar-refractivity contribution in [3.8, 4) is 5.75 Å². The molecule has 0 saturated heterocycles. The molecule has 0 spiro atoms. The number of nitrogens with zero attached hydrogens (tertiary/aromatic N) is 2. The van der Waals surface area contributed by atoms with Crippen molar-refractivity contribution in [1.29, 1.82) is 0 Å². The van der Waals surface area contributed by atoms with E-state index in [9.17, 15) is 5.11 Å². The summed E-state index contributed by atoms with van der Waals surface area (Å²) in [5.74, 6) is 0.196. The molecule has 1 N–H and O–H groups in total. The molecule has 0 bridgehead atoms. The Morgan fingerprint density at radius 1 is 1.16 bits per heavy atom. The molecule has 4 heteroatoms. The van der Waals surface area contributed by atoms with Crippen molar-refractivity contribution in [3.05, 3.63) is 64.1 Å². The van der Waals surface area contributed by atoms with Gasteiger partial charge in [0, 0.05) is 10.0 Å². The first-order valence-electron chi connectivity index (χ1n) is 5.78. The Kier molecular flexibility index (Phi) is 4.47. The van der Waals surface area contributed by atoms with E-state index >= 15 is 0 Å². The molecule has 0 aliphatic heterocycles. The molecule has 0 fully saturated rings. The average molecular weight is 317 g/mol. The van der Waals surface area contributed by atoms with E-state index in [0.29, 0.717) is 5.56 Å². The second-order valence-electron chi connectivity index (χ2n) is 4.00. The molecular formula is C15H13BrN2O. The summed E-state index contributed by atoms with van der Waals surface area (Å²) in [6, 6.07) is 14.9. The van der Waals surface area contributed by atoms with E-state index in [2.05, 4.69) is 26.1 Å². The summed E-state index contributed by atoms with van der Waals surface area (Å²) in [4.78, 5) is 0. The quantitative estimate of drug-likeness (QED) is 0.675. The van der Waals surface area contributed by atoms with E-state index in [4.69, 9.17) is 0 Å². The molecule has 0 atom stereocenters. The molecule has 0 radical (unpaired) electrons. The summed E-state index contributed by atoms with van der Waals surface area (Å²) in [5, 5.41) is 17.7. The highest BCUT2D eigenvalue weighted by Crippen LogP contribution is 2.14. The Morgan fingerprint density at radius 3 is 2.68 bits per heavy atom. The van der Waals surface area contributed by atoms with E-state index < -0.39 is 0 Å². The third-order valence-corrected chi connectivity index (χ3v) is 3.08. The molecule has 0 unspecified atom stereocenters. The predicted molar refractivity (Wildman–Crippen MR) is 82.1 cm³/mol. The van der Waals surface area contributed by atoms with Crippen molar-refractivity contribution >= 4 is 27.9 Å². The third-order valence-electron chi connectivity index (χ3n) is 2.58. The molecule has 0 aliphatic carbocycles. The maximum atomic E-state index is 9.58. The van der Waals surface area contributed by atoms with Crippen molar-refractivity contribution in [2.24, 2.45) is 10.2 Å². The van der Waals surface area contributed by atoms with Gasteiger partial charge >= 0.3 is 0 Å². The maximum Gasteiger partial charge on any atom is 0.124 e. The molecule has 0 amide bonds. The summed E-state index contributed by atoms with van der Waals surface area (Å²) < 4.78 is 1.00. The molecule has 96 valence electrons. The van der Waals surface area contributed by atoms with Crippen LogP contribution in [-0.4, -0.2) is 17.0 Å². The highest BCUT2D eigenvalue weighted by atomic mass is 79.9. The Labute approximate surface area is 120 Å².